The standard InChI is InChI=1S/C10H15NOS.C9H13NOS.2CH4/c1-11-5-2-9-10-8(3-6-12-9)4-7-13-10;10-4-1-8-9-7(2-5-11-8)3-6-12-9;;/h4,7,9,11H,2-3,5-6H2,1H3;3,6,8H,1-2,4-5,10H2;2*1H4. The molecule has 0 saturated carbocycles. The van der Waals surface area contributed by atoms with Gasteiger partial charge in [-0.15, -0.1) is 22.7 Å². The van der Waals surface area contributed by atoms with Crippen LogP contribution >= 0.6 is 22.7 Å². The highest BCUT2D eigenvalue weighted by atomic mass is 32.1. The van der Waals surface area contributed by atoms with E-state index in [9.17, 15) is 0 Å². The van der Waals surface area contributed by atoms with Crippen LogP contribution in [0.25, 0.3) is 0 Å². The average molecular weight is 413 g/mol. The van der Waals surface area contributed by atoms with Gasteiger partial charge in [0.1, 0.15) is 0 Å². The molecule has 2 atom stereocenters. The Balaban J connectivity index is 0.000000252. The molecule has 4 rings (SSSR count). The number of thiophene rings is 2. The number of nitrogens with one attached hydrogen (secondary N) is 1. The predicted octanol–water partition coefficient (Wildman–Crippen LogP) is 4.95. The average Bonchev–Trinajstić information content (AvgIpc) is 3.30. The Labute approximate surface area is 173 Å². The van der Waals surface area contributed by atoms with E-state index in [2.05, 4.69) is 28.2 Å². The third-order valence-corrected chi connectivity index (χ3v) is 6.71. The van der Waals surface area contributed by atoms with Crippen LogP contribution in [0.15, 0.2) is 22.9 Å². The number of nitrogens with two attached hydrogens (primary N) is 1. The molecule has 0 amide bonds. The molecule has 6 heteroatoms. The first-order valence-corrected chi connectivity index (χ1v) is 10.8. The Morgan fingerprint density at radius 3 is 1.96 bits per heavy atom. The largest absolute Gasteiger partial charge is 0.372 e. The summed E-state index contributed by atoms with van der Waals surface area (Å²) in [6, 6.07) is 4.43. The van der Waals surface area contributed by atoms with Crippen LogP contribution in [0.3, 0.4) is 0 Å². The molecule has 3 N–H and O–H groups in total. The van der Waals surface area contributed by atoms with Gasteiger partial charge in [-0.1, -0.05) is 14.9 Å². The predicted molar refractivity (Wildman–Crippen MR) is 119 cm³/mol. The van der Waals surface area contributed by atoms with Gasteiger partial charge in [-0.05, 0) is 79.8 Å². The highest BCUT2D eigenvalue weighted by molar-refractivity contribution is 7.10. The lowest BCUT2D eigenvalue weighted by atomic mass is 10.1. The molecule has 0 aromatic carbocycles. The van der Waals surface area contributed by atoms with E-state index < -0.39 is 0 Å². The van der Waals surface area contributed by atoms with Crippen LogP contribution in [0.5, 0.6) is 0 Å². The van der Waals surface area contributed by atoms with Crippen LogP contribution in [-0.4, -0.2) is 33.4 Å². The van der Waals surface area contributed by atoms with E-state index in [4.69, 9.17) is 15.2 Å². The molecular weight excluding hydrogens is 376 g/mol. The fraction of sp³-hybridized carbons (Fsp3) is 0.619. The summed E-state index contributed by atoms with van der Waals surface area (Å²) in [7, 11) is 1.98. The van der Waals surface area contributed by atoms with Gasteiger partial charge >= 0.3 is 0 Å². The molecule has 2 unspecified atom stereocenters. The van der Waals surface area contributed by atoms with Crippen molar-refractivity contribution in [2.75, 3.05) is 33.4 Å². The van der Waals surface area contributed by atoms with Crippen LogP contribution in [0.2, 0.25) is 0 Å². The molecule has 2 aliphatic rings. The second kappa shape index (κ2) is 12.6. The van der Waals surface area contributed by atoms with Crippen molar-refractivity contribution in [3.8, 4) is 0 Å². The molecule has 27 heavy (non-hydrogen) atoms. The van der Waals surface area contributed by atoms with Crippen molar-refractivity contribution in [3.05, 3.63) is 43.8 Å². The van der Waals surface area contributed by atoms with Crippen LogP contribution < -0.4 is 11.1 Å². The summed E-state index contributed by atoms with van der Waals surface area (Å²) in [4.78, 5) is 2.84. The zero-order chi connectivity index (χ0) is 17.5. The van der Waals surface area contributed by atoms with Crippen molar-refractivity contribution in [1.82, 2.24) is 5.32 Å². The number of hydrogen-bond donors (Lipinski definition) is 2. The second-order valence-electron chi connectivity index (χ2n) is 6.31. The maximum Gasteiger partial charge on any atom is 0.0931 e. The normalized spacial score (nSPS) is 20.2. The molecule has 2 aromatic rings. The lowest BCUT2D eigenvalue weighted by Crippen LogP contribution is -2.18. The summed E-state index contributed by atoms with van der Waals surface area (Å²) in [5, 5.41) is 7.48. The Morgan fingerprint density at radius 2 is 1.48 bits per heavy atom. The first-order chi connectivity index (χ1) is 12.3. The Bertz CT molecular complexity index is 642. The van der Waals surface area contributed by atoms with Crippen molar-refractivity contribution in [2.24, 2.45) is 5.73 Å². The molecular formula is C21H36N2O2S2. The van der Waals surface area contributed by atoms with E-state index in [1.807, 2.05) is 18.4 Å². The third kappa shape index (κ3) is 6.38. The van der Waals surface area contributed by atoms with Crippen LogP contribution in [0.1, 0.15) is 60.8 Å². The maximum absolute atomic E-state index is 5.74. The van der Waals surface area contributed by atoms with Crippen molar-refractivity contribution in [1.29, 1.82) is 0 Å². The van der Waals surface area contributed by atoms with Gasteiger partial charge in [0.25, 0.3) is 0 Å². The van der Waals surface area contributed by atoms with Gasteiger partial charge in [-0.3, -0.25) is 0 Å². The molecule has 4 nitrogen and oxygen atoms in total. The number of ether oxygens (including phenoxy) is 2. The number of rotatable bonds is 5. The van der Waals surface area contributed by atoms with Crippen LogP contribution in [0, 0.1) is 0 Å². The van der Waals surface area contributed by atoms with E-state index in [0.717, 1.165) is 45.4 Å². The summed E-state index contributed by atoms with van der Waals surface area (Å²) in [5.41, 5.74) is 8.47. The lowest BCUT2D eigenvalue weighted by molar-refractivity contribution is 0.0401. The summed E-state index contributed by atoms with van der Waals surface area (Å²) in [6.07, 6.45) is 4.82. The van der Waals surface area contributed by atoms with Gasteiger partial charge in [-0.25, -0.2) is 0 Å². The SMILES string of the molecule is C.C.CNCCC1OCCc2ccsc21.NCCC1OCCc2ccsc21. The minimum absolute atomic E-state index is 0. The fourth-order valence-electron chi connectivity index (χ4n) is 3.30. The minimum Gasteiger partial charge on any atom is -0.372 e. The van der Waals surface area contributed by atoms with Gasteiger partial charge in [0.15, 0.2) is 0 Å². The molecule has 0 aliphatic carbocycles. The summed E-state index contributed by atoms with van der Waals surface area (Å²) >= 11 is 3.62. The van der Waals surface area contributed by atoms with Crippen molar-refractivity contribution < 1.29 is 9.47 Å². The summed E-state index contributed by atoms with van der Waals surface area (Å²) in [6.45, 7) is 3.48. The highest BCUT2D eigenvalue weighted by Gasteiger charge is 2.21. The molecule has 0 fully saturated rings. The van der Waals surface area contributed by atoms with E-state index in [0.29, 0.717) is 12.6 Å². The first kappa shape index (κ1) is 24.3. The quantitative estimate of drug-likeness (QED) is 0.729. The highest BCUT2D eigenvalue weighted by Crippen LogP contribution is 2.34. The van der Waals surface area contributed by atoms with Crippen molar-refractivity contribution in [2.45, 2.75) is 52.7 Å². The minimum atomic E-state index is 0. The molecule has 2 aliphatic heterocycles. The Kier molecular flexibility index (Phi) is 11.4. The third-order valence-electron chi connectivity index (χ3n) is 4.61. The molecule has 0 radical (unpaired) electrons. The summed E-state index contributed by atoms with van der Waals surface area (Å²) in [5.74, 6) is 0. The smallest absolute Gasteiger partial charge is 0.0931 e. The monoisotopic (exact) mass is 412 g/mol. The second-order valence-corrected chi connectivity index (χ2v) is 8.20. The fourth-order valence-corrected chi connectivity index (χ4v) is 5.38. The Hall–Kier alpha value is -0.760. The van der Waals surface area contributed by atoms with Crippen molar-refractivity contribution in [3.63, 3.8) is 0 Å². The van der Waals surface area contributed by atoms with Gasteiger partial charge < -0.3 is 20.5 Å². The van der Waals surface area contributed by atoms with E-state index in [1.54, 1.807) is 11.3 Å². The topological polar surface area (TPSA) is 56.5 Å². The van der Waals surface area contributed by atoms with Crippen LogP contribution in [-0.2, 0) is 22.3 Å². The molecule has 0 saturated heterocycles. The molecule has 0 spiro atoms. The van der Waals surface area contributed by atoms with E-state index in [1.165, 1.54) is 20.9 Å². The maximum atomic E-state index is 5.74. The van der Waals surface area contributed by atoms with Gasteiger partial charge in [0.05, 0.1) is 25.4 Å². The number of fused-ring (bicyclic) bond motifs is 2. The zero-order valence-corrected chi connectivity index (χ0v) is 16.5. The van der Waals surface area contributed by atoms with Gasteiger partial charge in [-0.2, -0.15) is 0 Å². The molecule has 154 valence electrons. The number of hydrogen-bond acceptors (Lipinski definition) is 6. The zero-order valence-electron chi connectivity index (χ0n) is 14.8. The van der Waals surface area contributed by atoms with E-state index in [-0.39, 0.29) is 21.0 Å². The first-order valence-electron chi connectivity index (χ1n) is 9.04. The Morgan fingerprint density at radius 1 is 0.963 bits per heavy atom. The van der Waals surface area contributed by atoms with Crippen LogP contribution in [0.4, 0.5) is 0 Å². The van der Waals surface area contributed by atoms with Gasteiger partial charge in [0, 0.05) is 9.75 Å². The molecule has 2 aromatic heterocycles. The molecule has 0 bridgehead atoms. The molecule has 4 heterocycles. The van der Waals surface area contributed by atoms with Crippen molar-refractivity contribution >= 4 is 22.7 Å². The van der Waals surface area contributed by atoms with Gasteiger partial charge in [0.2, 0.25) is 0 Å². The van der Waals surface area contributed by atoms with E-state index >= 15 is 0 Å². The lowest BCUT2D eigenvalue weighted by Gasteiger charge is -2.22. The summed E-state index contributed by atoms with van der Waals surface area (Å²) < 4.78 is 11.4.